The molecule has 0 bridgehead atoms. The molecule has 128 valence electrons. The van der Waals surface area contributed by atoms with E-state index in [0.29, 0.717) is 18.2 Å². The molecule has 1 fully saturated rings. The molecule has 0 aliphatic carbocycles. The van der Waals surface area contributed by atoms with Gasteiger partial charge < -0.3 is 10.2 Å². The number of amides is 1. The van der Waals surface area contributed by atoms with E-state index in [4.69, 9.17) is 0 Å². The van der Waals surface area contributed by atoms with E-state index >= 15 is 0 Å². The number of anilines is 1. The monoisotopic (exact) mass is 344 g/mol. The Bertz CT molecular complexity index is 675. The van der Waals surface area contributed by atoms with Gasteiger partial charge in [-0.2, -0.15) is 0 Å². The predicted molar refractivity (Wildman–Crippen MR) is 98.6 cm³/mol. The Labute approximate surface area is 147 Å². The van der Waals surface area contributed by atoms with Crippen molar-refractivity contribution in [1.29, 1.82) is 0 Å². The van der Waals surface area contributed by atoms with Crippen molar-refractivity contribution in [3.63, 3.8) is 0 Å². The first kappa shape index (κ1) is 16.9. The van der Waals surface area contributed by atoms with Crippen molar-refractivity contribution in [2.24, 2.45) is 5.92 Å². The van der Waals surface area contributed by atoms with E-state index in [9.17, 15) is 4.79 Å². The molecule has 2 aromatic rings. The van der Waals surface area contributed by atoms with E-state index < -0.39 is 0 Å². The van der Waals surface area contributed by atoms with Crippen LogP contribution in [0.4, 0.5) is 5.82 Å². The highest BCUT2D eigenvalue weighted by Gasteiger charge is 2.15. The summed E-state index contributed by atoms with van der Waals surface area (Å²) in [6.07, 6.45) is 5.31. The number of carbonyl (C=O) groups excluding carboxylic acids is 1. The van der Waals surface area contributed by atoms with Crippen molar-refractivity contribution in [2.45, 2.75) is 33.1 Å². The molecule has 0 aromatic carbocycles. The van der Waals surface area contributed by atoms with Crippen LogP contribution >= 0.6 is 11.3 Å². The first-order chi connectivity index (χ1) is 11.6. The Morgan fingerprint density at radius 2 is 2.12 bits per heavy atom. The molecule has 2 aromatic heterocycles. The molecule has 5 nitrogen and oxygen atoms in total. The third kappa shape index (κ3) is 4.12. The Kier molecular flexibility index (Phi) is 5.45. The molecule has 3 heterocycles. The molecule has 1 amide bonds. The second-order valence-electron chi connectivity index (χ2n) is 6.58. The van der Waals surface area contributed by atoms with E-state index in [0.717, 1.165) is 35.9 Å². The number of pyridine rings is 1. The van der Waals surface area contributed by atoms with Gasteiger partial charge in [-0.1, -0.05) is 13.8 Å². The highest BCUT2D eigenvalue weighted by Crippen LogP contribution is 2.25. The summed E-state index contributed by atoms with van der Waals surface area (Å²) in [7, 11) is 0. The SMILES string of the molecule is CC(C)CCNC(=O)c1csc(-c2ccc(N3CCCC3)nc2)n1. The Hall–Kier alpha value is -1.95. The van der Waals surface area contributed by atoms with Crippen LogP contribution in [0.5, 0.6) is 0 Å². The first-order valence-corrected chi connectivity index (χ1v) is 9.46. The van der Waals surface area contributed by atoms with Crippen LogP contribution in [0, 0.1) is 5.92 Å². The fourth-order valence-corrected chi connectivity index (χ4v) is 3.51. The summed E-state index contributed by atoms with van der Waals surface area (Å²) >= 11 is 1.48. The number of thiazole rings is 1. The lowest BCUT2D eigenvalue weighted by molar-refractivity contribution is 0.0948. The zero-order chi connectivity index (χ0) is 16.9. The quantitative estimate of drug-likeness (QED) is 0.870. The number of nitrogens with one attached hydrogen (secondary N) is 1. The molecule has 0 radical (unpaired) electrons. The van der Waals surface area contributed by atoms with Gasteiger partial charge in [0.1, 0.15) is 16.5 Å². The van der Waals surface area contributed by atoms with Crippen molar-refractivity contribution < 1.29 is 4.79 Å². The highest BCUT2D eigenvalue weighted by atomic mass is 32.1. The summed E-state index contributed by atoms with van der Waals surface area (Å²) in [5.41, 5.74) is 1.45. The minimum absolute atomic E-state index is 0.0974. The molecule has 24 heavy (non-hydrogen) atoms. The maximum atomic E-state index is 12.1. The summed E-state index contributed by atoms with van der Waals surface area (Å²) in [4.78, 5) is 23.4. The molecule has 6 heteroatoms. The fourth-order valence-electron chi connectivity index (χ4n) is 2.72. The van der Waals surface area contributed by atoms with Crippen LogP contribution in [0.2, 0.25) is 0 Å². The van der Waals surface area contributed by atoms with Crippen molar-refractivity contribution >= 4 is 23.1 Å². The van der Waals surface area contributed by atoms with Gasteiger partial charge in [-0.15, -0.1) is 11.3 Å². The van der Waals surface area contributed by atoms with Crippen molar-refractivity contribution in [3.8, 4) is 10.6 Å². The third-order valence-corrected chi connectivity index (χ3v) is 5.06. The normalized spacial score (nSPS) is 14.4. The van der Waals surface area contributed by atoms with Crippen molar-refractivity contribution in [2.75, 3.05) is 24.5 Å². The Morgan fingerprint density at radius 1 is 1.33 bits per heavy atom. The van der Waals surface area contributed by atoms with Gasteiger partial charge in [-0.3, -0.25) is 4.79 Å². The molecule has 1 aliphatic rings. The number of rotatable bonds is 6. The number of nitrogens with zero attached hydrogens (tertiary/aromatic N) is 3. The van der Waals surface area contributed by atoms with Crippen LogP contribution in [0.25, 0.3) is 10.6 Å². The average molecular weight is 344 g/mol. The van der Waals surface area contributed by atoms with Crippen LogP contribution < -0.4 is 10.2 Å². The second kappa shape index (κ2) is 7.75. The number of hydrogen-bond donors (Lipinski definition) is 1. The van der Waals surface area contributed by atoms with Crippen LogP contribution in [0.1, 0.15) is 43.6 Å². The smallest absolute Gasteiger partial charge is 0.270 e. The lowest BCUT2D eigenvalue weighted by atomic mass is 10.1. The predicted octanol–water partition coefficient (Wildman–Crippen LogP) is 3.58. The van der Waals surface area contributed by atoms with Gasteiger partial charge >= 0.3 is 0 Å². The summed E-state index contributed by atoms with van der Waals surface area (Å²) in [5.74, 6) is 1.51. The molecule has 1 saturated heterocycles. The molecule has 3 rings (SSSR count). The average Bonchev–Trinajstić information content (AvgIpc) is 3.26. The largest absolute Gasteiger partial charge is 0.357 e. The summed E-state index contributed by atoms with van der Waals surface area (Å²) in [6, 6.07) is 4.09. The zero-order valence-corrected chi connectivity index (χ0v) is 15.1. The summed E-state index contributed by atoms with van der Waals surface area (Å²) in [6.45, 7) is 7.15. The number of aromatic nitrogens is 2. The Balaban J connectivity index is 1.63. The van der Waals surface area contributed by atoms with Gasteiger partial charge in [0, 0.05) is 36.8 Å². The highest BCUT2D eigenvalue weighted by molar-refractivity contribution is 7.13. The number of hydrogen-bond acceptors (Lipinski definition) is 5. The van der Waals surface area contributed by atoms with Crippen LogP contribution in [-0.4, -0.2) is 35.5 Å². The minimum atomic E-state index is -0.0974. The number of carbonyl (C=O) groups is 1. The van der Waals surface area contributed by atoms with Crippen LogP contribution in [-0.2, 0) is 0 Å². The molecule has 1 N–H and O–H groups in total. The third-order valence-electron chi connectivity index (χ3n) is 4.17. The standard InChI is InChI=1S/C18H24N4OS/c1-13(2)7-8-19-17(23)15-12-24-18(21-15)14-5-6-16(20-11-14)22-9-3-4-10-22/h5-6,11-13H,3-4,7-10H2,1-2H3,(H,19,23). The molecule has 0 spiro atoms. The van der Waals surface area contributed by atoms with E-state index in [1.54, 1.807) is 0 Å². The van der Waals surface area contributed by atoms with Gasteiger partial charge in [0.2, 0.25) is 0 Å². The van der Waals surface area contributed by atoms with Crippen LogP contribution in [0.15, 0.2) is 23.7 Å². The minimum Gasteiger partial charge on any atom is -0.357 e. The van der Waals surface area contributed by atoms with Gasteiger partial charge in [-0.05, 0) is 37.3 Å². The molecule has 0 saturated carbocycles. The maximum absolute atomic E-state index is 12.1. The first-order valence-electron chi connectivity index (χ1n) is 8.58. The summed E-state index contributed by atoms with van der Waals surface area (Å²) in [5, 5.41) is 5.58. The molecular weight excluding hydrogens is 320 g/mol. The van der Waals surface area contributed by atoms with E-state index in [1.165, 1.54) is 24.2 Å². The van der Waals surface area contributed by atoms with Gasteiger partial charge in [0.15, 0.2) is 0 Å². The lowest BCUT2D eigenvalue weighted by Crippen LogP contribution is -2.25. The van der Waals surface area contributed by atoms with Crippen molar-refractivity contribution in [1.82, 2.24) is 15.3 Å². The fraction of sp³-hybridized carbons (Fsp3) is 0.500. The molecule has 0 unspecified atom stereocenters. The van der Waals surface area contributed by atoms with E-state index in [2.05, 4.69) is 34.0 Å². The lowest BCUT2D eigenvalue weighted by Gasteiger charge is -2.15. The van der Waals surface area contributed by atoms with Crippen LogP contribution in [0.3, 0.4) is 0 Å². The zero-order valence-electron chi connectivity index (χ0n) is 14.3. The van der Waals surface area contributed by atoms with E-state index in [-0.39, 0.29) is 5.91 Å². The summed E-state index contributed by atoms with van der Waals surface area (Å²) < 4.78 is 0. The van der Waals surface area contributed by atoms with Gasteiger partial charge in [0.05, 0.1) is 0 Å². The molecule has 0 atom stereocenters. The molecular formula is C18H24N4OS. The van der Waals surface area contributed by atoms with Gasteiger partial charge in [-0.25, -0.2) is 9.97 Å². The Morgan fingerprint density at radius 3 is 2.79 bits per heavy atom. The van der Waals surface area contributed by atoms with Gasteiger partial charge in [0.25, 0.3) is 5.91 Å². The van der Waals surface area contributed by atoms with Crippen molar-refractivity contribution in [3.05, 3.63) is 29.4 Å². The second-order valence-corrected chi connectivity index (χ2v) is 7.43. The molecule has 1 aliphatic heterocycles. The van der Waals surface area contributed by atoms with E-state index in [1.807, 2.05) is 23.7 Å². The topological polar surface area (TPSA) is 58.1 Å². The maximum Gasteiger partial charge on any atom is 0.270 e.